The normalized spacial score (nSPS) is 14.6. The molecule has 0 spiro atoms. The number of carbonyl (C=O) groups is 1. The second kappa shape index (κ2) is 10.5. The molecule has 36 heavy (non-hydrogen) atoms. The SMILES string of the molecule is COCCNC(=O)c1ccc2[nH]c3c(N4CCN(CCc5ccc(F)c(F)c5)CC4)ncnc3c2c1. The third-order valence-corrected chi connectivity index (χ3v) is 6.59. The fourth-order valence-corrected chi connectivity index (χ4v) is 4.59. The summed E-state index contributed by atoms with van der Waals surface area (Å²) in [6.07, 6.45) is 2.23. The van der Waals surface area contributed by atoms with Gasteiger partial charge in [-0.15, -0.1) is 0 Å². The van der Waals surface area contributed by atoms with E-state index in [-0.39, 0.29) is 5.91 Å². The number of rotatable bonds is 8. The molecule has 0 saturated carbocycles. The zero-order valence-corrected chi connectivity index (χ0v) is 20.1. The van der Waals surface area contributed by atoms with Crippen molar-refractivity contribution in [3.8, 4) is 0 Å². The number of ether oxygens (including phenoxy) is 1. The van der Waals surface area contributed by atoms with E-state index in [1.165, 1.54) is 12.1 Å². The van der Waals surface area contributed by atoms with Gasteiger partial charge in [0.1, 0.15) is 17.4 Å². The Morgan fingerprint density at radius 2 is 1.92 bits per heavy atom. The Morgan fingerprint density at radius 3 is 2.69 bits per heavy atom. The predicted octanol–water partition coefficient (Wildman–Crippen LogP) is 3.13. The molecule has 1 amide bonds. The lowest BCUT2D eigenvalue weighted by Gasteiger charge is -2.35. The lowest BCUT2D eigenvalue weighted by atomic mass is 10.1. The van der Waals surface area contributed by atoms with E-state index >= 15 is 0 Å². The van der Waals surface area contributed by atoms with E-state index < -0.39 is 11.6 Å². The van der Waals surface area contributed by atoms with Crippen molar-refractivity contribution in [3.63, 3.8) is 0 Å². The number of aromatic nitrogens is 3. The number of nitrogens with zero attached hydrogens (tertiary/aromatic N) is 4. The summed E-state index contributed by atoms with van der Waals surface area (Å²) in [6, 6.07) is 9.62. The van der Waals surface area contributed by atoms with Crippen LogP contribution in [-0.4, -0.2) is 78.7 Å². The number of fused-ring (bicyclic) bond motifs is 3. The van der Waals surface area contributed by atoms with Crippen molar-refractivity contribution in [2.24, 2.45) is 0 Å². The van der Waals surface area contributed by atoms with Crippen LogP contribution in [0.5, 0.6) is 0 Å². The third-order valence-electron chi connectivity index (χ3n) is 6.59. The van der Waals surface area contributed by atoms with Crippen LogP contribution in [0.25, 0.3) is 21.9 Å². The summed E-state index contributed by atoms with van der Waals surface area (Å²) in [5, 5.41) is 3.72. The summed E-state index contributed by atoms with van der Waals surface area (Å²) in [7, 11) is 1.59. The van der Waals surface area contributed by atoms with E-state index in [1.54, 1.807) is 25.6 Å². The second-order valence-electron chi connectivity index (χ2n) is 8.88. The van der Waals surface area contributed by atoms with Gasteiger partial charge in [-0.2, -0.15) is 0 Å². The monoisotopic (exact) mass is 494 g/mol. The average Bonchev–Trinajstić information content (AvgIpc) is 3.28. The Bertz CT molecular complexity index is 1380. The molecule has 0 bridgehead atoms. The van der Waals surface area contributed by atoms with Crippen LogP contribution < -0.4 is 10.2 Å². The van der Waals surface area contributed by atoms with Crippen LogP contribution in [-0.2, 0) is 11.2 Å². The van der Waals surface area contributed by atoms with Gasteiger partial charge in [0.2, 0.25) is 0 Å². The van der Waals surface area contributed by atoms with Crippen LogP contribution in [0.4, 0.5) is 14.6 Å². The van der Waals surface area contributed by atoms with Crippen LogP contribution >= 0.6 is 0 Å². The minimum Gasteiger partial charge on any atom is -0.383 e. The average molecular weight is 495 g/mol. The number of hydrogen-bond donors (Lipinski definition) is 2. The first-order valence-electron chi connectivity index (χ1n) is 12.0. The smallest absolute Gasteiger partial charge is 0.251 e. The van der Waals surface area contributed by atoms with Gasteiger partial charge in [0, 0.05) is 62.8 Å². The number of nitrogens with one attached hydrogen (secondary N) is 2. The summed E-state index contributed by atoms with van der Waals surface area (Å²) in [4.78, 5) is 29.5. The standard InChI is InChI=1S/C26H28F2N6O2/c1-36-13-7-29-26(35)18-3-5-22-19(15-18)23-24(32-22)25(31-16-30-23)34-11-9-33(10-12-34)8-6-17-2-4-20(27)21(28)14-17/h2-5,14-16,32H,6-13H2,1H3,(H,29,35). The topological polar surface area (TPSA) is 86.4 Å². The molecular weight excluding hydrogens is 466 g/mol. The number of anilines is 1. The number of carbonyl (C=O) groups excluding carboxylic acids is 1. The molecule has 0 radical (unpaired) electrons. The van der Waals surface area contributed by atoms with Gasteiger partial charge in [-0.3, -0.25) is 9.69 Å². The van der Waals surface area contributed by atoms with E-state index in [1.807, 2.05) is 12.1 Å². The highest BCUT2D eigenvalue weighted by Gasteiger charge is 2.22. The van der Waals surface area contributed by atoms with Crippen molar-refractivity contribution in [2.75, 3.05) is 57.9 Å². The molecule has 10 heteroatoms. The van der Waals surface area contributed by atoms with Gasteiger partial charge >= 0.3 is 0 Å². The molecule has 5 rings (SSSR count). The summed E-state index contributed by atoms with van der Waals surface area (Å²) < 4.78 is 31.6. The van der Waals surface area contributed by atoms with E-state index in [0.29, 0.717) is 25.1 Å². The maximum atomic E-state index is 13.5. The molecule has 2 aromatic heterocycles. The first-order chi connectivity index (χ1) is 17.5. The summed E-state index contributed by atoms with van der Waals surface area (Å²) >= 11 is 0. The van der Waals surface area contributed by atoms with Crippen molar-refractivity contribution >= 4 is 33.7 Å². The third kappa shape index (κ3) is 5.00. The minimum absolute atomic E-state index is 0.155. The van der Waals surface area contributed by atoms with Crippen molar-refractivity contribution in [1.82, 2.24) is 25.2 Å². The molecule has 0 atom stereocenters. The maximum Gasteiger partial charge on any atom is 0.251 e. The fraction of sp³-hybridized carbons (Fsp3) is 0.346. The Morgan fingerprint density at radius 1 is 1.08 bits per heavy atom. The summed E-state index contributed by atoms with van der Waals surface area (Å²) in [5.41, 5.74) is 3.88. The molecule has 0 aliphatic carbocycles. The van der Waals surface area contributed by atoms with Gasteiger partial charge < -0.3 is 19.9 Å². The van der Waals surface area contributed by atoms with Crippen molar-refractivity contribution in [2.45, 2.75) is 6.42 Å². The Hall–Kier alpha value is -3.63. The molecule has 1 aliphatic rings. The van der Waals surface area contributed by atoms with Gasteiger partial charge in [-0.05, 0) is 42.3 Å². The lowest BCUT2D eigenvalue weighted by Crippen LogP contribution is -2.47. The molecule has 4 aromatic rings. The number of benzene rings is 2. The number of halogens is 2. The van der Waals surface area contributed by atoms with Crippen LogP contribution in [0.3, 0.4) is 0 Å². The number of amides is 1. The Kier molecular flexibility index (Phi) is 7.06. The van der Waals surface area contributed by atoms with Crippen LogP contribution in [0.1, 0.15) is 15.9 Å². The fourth-order valence-electron chi connectivity index (χ4n) is 4.59. The van der Waals surface area contributed by atoms with Gasteiger partial charge in [0.15, 0.2) is 17.5 Å². The molecule has 1 saturated heterocycles. The first-order valence-corrected chi connectivity index (χ1v) is 12.0. The largest absolute Gasteiger partial charge is 0.383 e. The van der Waals surface area contributed by atoms with E-state index in [4.69, 9.17) is 4.74 Å². The molecule has 1 fully saturated rings. The minimum atomic E-state index is -0.818. The van der Waals surface area contributed by atoms with Crippen LogP contribution in [0, 0.1) is 11.6 Å². The maximum absolute atomic E-state index is 13.5. The van der Waals surface area contributed by atoms with Gasteiger partial charge in [-0.1, -0.05) is 6.07 Å². The Labute approximate surface area is 207 Å². The number of aromatic amines is 1. The Balaban J connectivity index is 1.28. The zero-order chi connectivity index (χ0) is 25.1. The van der Waals surface area contributed by atoms with Gasteiger partial charge in [0.25, 0.3) is 5.91 Å². The van der Waals surface area contributed by atoms with Gasteiger partial charge in [-0.25, -0.2) is 18.7 Å². The van der Waals surface area contributed by atoms with Crippen LogP contribution in [0.15, 0.2) is 42.7 Å². The molecule has 188 valence electrons. The van der Waals surface area contributed by atoms with Gasteiger partial charge in [0.05, 0.1) is 6.61 Å². The highest BCUT2D eigenvalue weighted by atomic mass is 19.2. The van der Waals surface area contributed by atoms with Crippen molar-refractivity contribution < 1.29 is 18.3 Å². The number of piperazine rings is 1. The van der Waals surface area contributed by atoms with Crippen molar-refractivity contribution in [1.29, 1.82) is 0 Å². The predicted molar refractivity (Wildman–Crippen MR) is 134 cm³/mol. The molecule has 0 unspecified atom stereocenters. The lowest BCUT2D eigenvalue weighted by molar-refractivity contribution is 0.0937. The zero-order valence-electron chi connectivity index (χ0n) is 20.1. The van der Waals surface area contributed by atoms with E-state index in [9.17, 15) is 13.6 Å². The number of methoxy groups -OCH3 is 1. The highest BCUT2D eigenvalue weighted by molar-refractivity contribution is 6.10. The summed E-state index contributed by atoms with van der Waals surface area (Å²) in [5.74, 6) is -0.941. The van der Waals surface area contributed by atoms with E-state index in [0.717, 1.165) is 66.0 Å². The highest BCUT2D eigenvalue weighted by Crippen LogP contribution is 2.30. The summed E-state index contributed by atoms with van der Waals surface area (Å²) in [6.45, 7) is 4.91. The molecule has 2 aromatic carbocycles. The van der Waals surface area contributed by atoms with E-state index in [2.05, 4.69) is 30.1 Å². The van der Waals surface area contributed by atoms with Crippen LogP contribution in [0.2, 0.25) is 0 Å². The number of H-pyrrole nitrogens is 1. The molecule has 1 aliphatic heterocycles. The first kappa shape index (κ1) is 24.1. The molecule has 3 heterocycles. The quantitative estimate of drug-likeness (QED) is 0.366. The number of hydrogen-bond acceptors (Lipinski definition) is 6. The molecular formula is C26H28F2N6O2. The second-order valence-corrected chi connectivity index (χ2v) is 8.88. The molecule has 8 nitrogen and oxygen atoms in total. The van der Waals surface area contributed by atoms with Crippen molar-refractivity contribution in [3.05, 3.63) is 65.5 Å². The molecule has 2 N–H and O–H groups in total.